The molecule has 1 heterocycles. The fourth-order valence-electron chi connectivity index (χ4n) is 1.73. The molecule has 0 aliphatic heterocycles. The van der Waals surface area contributed by atoms with Gasteiger partial charge in [0, 0.05) is 0 Å². The first-order valence-electron chi connectivity index (χ1n) is 6.55. The van der Waals surface area contributed by atoms with Crippen LogP contribution in [-0.2, 0) is 5.41 Å². The van der Waals surface area contributed by atoms with Gasteiger partial charge in [-0.1, -0.05) is 45.0 Å². The van der Waals surface area contributed by atoms with E-state index in [0.29, 0.717) is 4.67 Å². The van der Waals surface area contributed by atoms with Crippen LogP contribution in [0.15, 0.2) is 50.6 Å². The molecule has 4 nitrogen and oxygen atoms in total. The predicted molar refractivity (Wildman–Crippen MR) is 86.6 cm³/mol. The van der Waals surface area contributed by atoms with Crippen LogP contribution < -0.4 is 5.43 Å². The van der Waals surface area contributed by atoms with E-state index in [4.69, 9.17) is 4.42 Å². The van der Waals surface area contributed by atoms with Gasteiger partial charge in [-0.25, -0.2) is 5.43 Å². The molecule has 1 N–H and O–H groups in total. The summed E-state index contributed by atoms with van der Waals surface area (Å²) in [5.74, 6) is -0.176. The second-order valence-electron chi connectivity index (χ2n) is 5.67. The van der Waals surface area contributed by atoms with Crippen molar-refractivity contribution in [3.63, 3.8) is 0 Å². The summed E-state index contributed by atoms with van der Waals surface area (Å²) in [5.41, 5.74) is 4.72. The summed E-state index contributed by atoms with van der Waals surface area (Å²) in [6.07, 6.45) is 1.60. The van der Waals surface area contributed by atoms with Gasteiger partial charge >= 0.3 is 5.91 Å². The number of hydrogen-bond donors (Lipinski definition) is 1. The lowest BCUT2D eigenvalue weighted by Crippen LogP contribution is -2.16. The molecule has 0 unspecified atom stereocenters. The number of furan rings is 1. The molecule has 5 heteroatoms. The Hall–Kier alpha value is -1.88. The van der Waals surface area contributed by atoms with E-state index in [1.807, 2.05) is 12.1 Å². The van der Waals surface area contributed by atoms with E-state index in [0.717, 1.165) is 5.56 Å². The van der Waals surface area contributed by atoms with Gasteiger partial charge in [0.05, 0.1) is 6.21 Å². The first-order chi connectivity index (χ1) is 9.86. The van der Waals surface area contributed by atoms with Gasteiger partial charge in [-0.2, -0.15) is 5.10 Å². The molecule has 0 atom stereocenters. The quantitative estimate of drug-likeness (QED) is 0.670. The Balaban J connectivity index is 1.97. The van der Waals surface area contributed by atoms with Crippen LogP contribution in [0.3, 0.4) is 0 Å². The second kappa shape index (κ2) is 6.26. The number of carbonyl (C=O) groups is 1. The Labute approximate surface area is 132 Å². The summed E-state index contributed by atoms with van der Waals surface area (Å²) < 4.78 is 5.64. The number of hydrogen-bond acceptors (Lipinski definition) is 3. The molecule has 2 rings (SSSR count). The number of hydrazone groups is 1. The second-order valence-corrected chi connectivity index (χ2v) is 6.46. The van der Waals surface area contributed by atoms with Crippen molar-refractivity contribution in [3.05, 3.63) is 58.0 Å². The summed E-state index contributed by atoms with van der Waals surface area (Å²) in [4.78, 5) is 11.7. The van der Waals surface area contributed by atoms with Gasteiger partial charge in [0.1, 0.15) is 0 Å². The zero-order chi connectivity index (χ0) is 15.5. The van der Waals surface area contributed by atoms with E-state index < -0.39 is 0 Å². The maximum absolute atomic E-state index is 11.7. The normalized spacial score (nSPS) is 11.8. The zero-order valence-corrected chi connectivity index (χ0v) is 13.8. The molecule has 0 saturated heterocycles. The van der Waals surface area contributed by atoms with Crippen molar-refractivity contribution in [1.29, 1.82) is 0 Å². The molecule has 0 saturated carbocycles. The standard InChI is InChI=1S/C16H17BrN2O2/c1-16(2,3)12-6-4-11(5-7-12)10-18-19-15(20)13-8-9-14(17)21-13/h4-10H,1-3H3,(H,19,20)/b18-10+. The monoisotopic (exact) mass is 348 g/mol. The number of halogens is 1. The Bertz CT molecular complexity index is 652. The molecule has 110 valence electrons. The molecule has 0 aliphatic rings. The van der Waals surface area contributed by atoms with E-state index in [1.54, 1.807) is 18.3 Å². The van der Waals surface area contributed by atoms with E-state index in [1.165, 1.54) is 5.56 Å². The minimum atomic E-state index is -0.386. The molecule has 0 spiro atoms. The van der Waals surface area contributed by atoms with Crippen LogP contribution in [0, 0.1) is 0 Å². The summed E-state index contributed by atoms with van der Waals surface area (Å²) >= 11 is 3.14. The highest BCUT2D eigenvalue weighted by Crippen LogP contribution is 2.21. The summed E-state index contributed by atoms with van der Waals surface area (Å²) in [5, 5.41) is 3.92. The van der Waals surface area contributed by atoms with Gasteiger partial charge in [0.15, 0.2) is 10.4 Å². The van der Waals surface area contributed by atoms with Crippen molar-refractivity contribution in [2.45, 2.75) is 26.2 Å². The lowest BCUT2D eigenvalue weighted by molar-refractivity contribution is 0.0926. The zero-order valence-electron chi connectivity index (χ0n) is 12.2. The predicted octanol–water partition coefficient (Wildman–Crippen LogP) is 4.10. The average Bonchev–Trinajstić information content (AvgIpc) is 2.85. The van der Waals surface area contributed by atoms with Crippen molar-refractivity contribution < 1.29 is 9.21 Å². The summed E-state index contributed by atoms with van der Waals surface area (Å²) in [6, 6.07) is 11.3. The molecule has 1 aromatic heterocycles. The first-order valence-corrected chi connectivity index (χ1v) is 7.35. The Kier molecular flexibility index (Phi) is 4.63. The largest absolute Gasteiger partial charge is 0.444 e. The first kappa shape index (κ1) is 15.5. The van der Waals surface area contributed by atoms with Gasteiger partial charge in [-0.3, -0.25) is 4.79 Å². The molecule has 1 amide bonds. The van der Waals surface area contributed by atoms with E-state index >= 15 is 0 Å². The highest BCUT2D eigenvalue weighted by Gasteiger charge is 2.12. The SMILES string of the molecule is CC(C)(C)c1ccc(/C=N/NC(=O)c2ccc(Br)o2)cc1. The molecule has 1 aromatic carbocycles. The summed E-state index contributed by atoms with van der Waals surface area (Å²) in [6.45, 7) is 6.49. The Morgan fingerprint density at radius 3 is 2.38 bits per heavy atom. The van der Waals surface area contributed by atoms with E-state index in [9.17, 15) is 4.79 Å². The van der Waals surface area contributed by atoms with Crippen molar-refractivity contribution in [2.24, 2.45) is 5.10 Å². The molecule has 2 aromatic rings. The van der Waals surface area contributed by atoms with Crippen LogP contribution in [0.4, 0.5) is 0 Å². The number of nitrogens with one attached hydrogen (secondary N) is 1. The lowest BCUT2D eigenvalue weighted by Gasteiger charge is -2.18. The van der Waals surface area contributed by atoms with Crippen LogP contribution in [0.5, 0.6) is 0 Å². The highest BCUT2D eigenvalue weighted by molar-refractivity contribution is 9.10. The lowest BCUT2D eigenvalue weighted by atomic mass is 9.87. The molecular formula is C16H17BrN2O2. The van der Waals surface area contributed by atoms with Crippen LogP contribution in [-0.4, -0.2) is 12.1 Å². The molecule has 0 bridgehead atoms. The maximum atomic E-state index is 11.7. The Morgan fingerprint density at radius 1 is 1.19 bits per heavy atom. The fourth-order valence-corrected chi connectivity index (χ4v) is 2.03. The molecule has 21 heavy (non-hydrogen) atoms. The average molecular weight is 349 g/mol. The molecule has 0 radical (unpaired) electrons. The fraction of sp³-hybridized carbons (Fsp3) is 0.250. The van der Waals surface area contributed by atoms with Gasteiger partial charge < -0.3 is 4.42 Å². The number of rotatable bonds is 3. The minimum absolute atomic E-state index is 0.122. The van der Waals surface area contributed by atoms with Gasteiger partial charge in [-0.05, 0) is 44.6 Å². The van der Waals surface area contributed by atoms with Crippen LogP contribution in [0.25, 0.3) is 0 Å². The van der Waals surface area contributed by atoms with Crippen LogP contribution in [0.2, 0.25) is 0 Å². The van der Waals surface area contributed by atoms with Crippen molar-refractivity contribution in [2.75, 3.05) is 0 Å². The number of amides is 1. The molecule has 0 aliphatic carbocycles. The number of carbonyl (C=O) groups excluding carboxylic acids is 1. The van der Waals surface area contributed by atoms with E-state index in [2.05, 4.69) is 59.4 Å². The number of nitrogens with zero attached hydrogens (tertiary/aromatic N) is 1. The third-order valence-electron chi connectivity index (χ3n) is 2.95. The van der Waals surface area contributed by atoms with Crippen molar-refractivity contribution in [1.82, 2.24) is 5.43 Å². The third-order valence-corrected chi connectivity index (χ3v) is 3.38. The van der Waals surface area contributed by atoms with Crippen LogP contribution in [0.1, 0.15) is 42.5 Å². The van der Waals surface area contributed by atoms with Crippen molar-refractivity contribution >= 4 is 28.1 Å². The van der Waals surface area contributed by atoms with Gasteiger partial charge in [0.25, 0.3) is 0 Å². The molecule has 0 fully saturated rings. The van der Waals surface area contributed by atoms with Crippen LogP contribution >= 0.6 is 15.9 Å². The topological polar surface area (TPSA) is 54.6 Å². The minimum Gasteiger partial charge on any atom is -0.444 e. The van der Waals surface area contributed by atoms with Gasteiger partial charge in [-0.15, -0.1) is 0 Å². The van der Waals surface area contributed by atoms with Gasteiger partial charge in [0.2, 0.25) is 0 Å². The smallest absolute Gasteiger partial charge is 0.307 e. The Morgan fingerprint density at radius 2 is 1.86 bits per heavy atom. The maximum Gasteiger partial charge on any atom is 0.307 e. The third kappa shape index (κ3) is 4.29. The van der Waals surface area contributed by atoms with Crippen molar-refractivity contribution in [3.8, 4) is 0 Å². The molecular weight excluding hydrogens is 332 g/mol. The number of benzene rings is 1. The van der Waals surface area contributed by atoms with E-state index in [-0.39, 0.29) is 17.1 Å². The highest BCUT2D eigenvalue weighted by atomic mass is 79.9. The summed E-state index contributed by atoms with van der Waals surface area (Å²) in [7, 11) is 0.